The van der Waals surface area contributed by atoms with Crippen molar-refractivity contribution in [1.82, 2.24) is 29.9 Å². The maximum atomic E-state index is 5.28. The SMILES string of the molecule is c1ccc(-c2ccc(-c3cc(-c4cccnc4)c4ccc5c(-c6ccc(-c7ccccc7)cc6)cc(-c6cccnc6)c6ccc3c4c56)cc2)cc1.c1ccc2ncc(-c3ccc(-c4nc(-c5cc6ccccc6c6ccccc56)nc(-c5cc6ccccc6c6ccccc56)n4)cc3)cc2c1. The Balaban J connectivity index is 0.000000141. The van der Waals surface area contributed by atoms with E-state index in [0.29, 0.717) is 17.5 Å². The summed E-state index contributed by atoms with van der Waals surface area (Å²) in [5, 5.41) is 17.9. The van der Waals surface area contributed by atoms with Gasteiger partial charge in [-0.2, -0.15) is 0 Å². The quantitative estimate of drug-likeness (QED) is 0.127. The first kappa shape index (κ1) is 59.6. The lowest BCUT2D eigenvalue weighted by Gasteiger charge is -2.21. The van der Waals surface area contributed by atoms with Crippen molar-refractivity contribution in [2.24, 2.45) is 0 Å². The fourth-order valence-electron chi connectivity index (χ4n) is 15.2. The summed E-state index contributed by atoms with van der Waals surface area (Å²) >= 11 is 0. The Morgan fingerprint density at radius 1 is 0.176 bits per heavy atom. The third-order valence-electron chi connectivity index (χ3n) is 20.2. The molecule has 0 bridgehead atoms. The molecule has 4 aromatic heterocycles. The number of benzene rings is 16. The number of fused-ring (bicyclic) bond motifs is 7. The van der Waals surface area contributed by atoms with Crippen LogP contribution in [0.5, 0.6) is 0 Å². The molecule has 0 saturated carbocycles. The van der Waals surface area contributed by atoms with Gasteiger partial charge < -0.3 is 0 Å². The lowest BCUT2D eigenvalue weighted by atomic mass is 9.82. The molecule has 0 aliphatic rings. The Morgan fingerprint density at radius 2 is 0.520 bits per heavy atom. The van der Waals surface area contributed by atoms with E-state index in [4.69, 9.17) is 15.0 Å². The van der Waals surface area contributed by atoms with E-state index in [-0.39, 0.29) is 0 Å². The maximum Gasteiger partial charge on any atom is 0.164 e. The van der Waals surface area contributed by atoms with E-state index in [2.05, 4.69) is 318 Å². The van der Waals surface area contributed by atoms with E-state index in [9.17, 15) is 0 Å². The van der Waals surface area contributed by atoms with Gasteiger partial charge in [0.25, 0.3) is 0 Å². The van der Waals surface area contributed by atoms with Crippen LogP contribution in [0.25, 0.3) is 198 Å². The Labute approximate surface area is 589 Å². The first-order valence-electron chi connectivity index (χ1n) is 34.5. The summed E-state index contributed by atoms with van der Waals surface area (Å²) in [7, 11) is 0. The standard InChI is InChI=1S/C50H32N2.C46H28N4/c1-3-9-33(10-4-1)35-15-19-37(20-16-35)45-29-47(39-13-7-27-51-31-39)43-26-24-42-46(38-21-17-36(18-22-38)34-11-5-2-6-12-34)30-48(40-14-8-28-52-32-40)44-25-23-41(45)49(43)50(42)44;1-4-14-35-31(11-1)26-41(39-18-8-6-16-37(35)39)45-48-44(30-23-21-29(22-24-30)34-25-33-13-3-10-20-43(33)47-28-34)49-46(50-45)42-27-32-12-2-5-15-36(32)38-17-7-9-19-40(38)42/h1-32H;1-28H. The number of pyridine rings is 3. The molecule has 0 spiro atoms. The molecule has 474 valence electrons. The normalized spacial score (nSPS) is 11.5. The summed E-state index contributed by atoms with van der Waals surface area (Å²) in [6.45, 7) is 0. The average molecular weight is 1300 g/mol. The van der Waals surface area contributed by atoms with Crippen LogP contribution >= 0.6 is 0 Å². The summed E-state index contributed by atoms with van der Waals surface area (Å²) in [6, 6.07) is 119. The van der Waals surface area contributed by atoms with E-state index >= 15 is 0 Å². The van der Waals surface area contributed by atoms with Gasteiger partial charge in [0.05, 0.1) is 5.52 Å². The Morgan fingerprint density at radius 3 is 0.971 bits per heavy atom. The van der Waals surface area contributed by atoms with Gasteiger partial charge >= 0.3 is 0 Å². The molecule has 0 aliphatic carbocycles. The second-order valence-corrected chi connectivity index (χ2v) is 26.1. The Bertz CT molecular complexity index is 6230. The predicted octanol–water partition coefficient (Wildman–Crippen LogP) is 25.1. The van der Waals surface area contributed by atoms with Crippen LogP contribution in [0.3, 0.4) is 0 Å². The molecule has 0 aliphatic heterocycles. The molecule has 6 heteroatoms. The van der Waals surface area contributed by atoms with Crippen LogP contribution in [0.4, 0.5) is 0 Å². The molecule has 0 radical (unpaired) electrons. The monoisotopic (exact) mass is 1300 g/mol. The smallest absolute Gasteiger partial charge is 0.164 e. The first-order valence-corrected chi connectivity index (χ1v) is 34.5. The van der Waals surface area contributed by atoms with Gasteiger partial charge in [0.2, 0.25) is 0 Å². The minimum Gasteiger partial charge on any atom is -0.264 e. The van der Waals surface area contributed by atoms with Gasteiger partial charge in [-0.1, -0.05) is 285 Å². The van der Waals surface area contributed by atoms with E-state index in [0.717, 1.165) is 71.4 Å². The molecule has 0 unspecified atom stereocenters. The lowest BCUT2D eigenvalue weighted by molar-refractivity contribution is 1.08. The number of hydrogen-bond acceptors (Lipinski definition) is 6. The van der Waals surface area contributed by atoms with E-state index < -0.39 is 0 Å². The van der Waals surface area contributed by atoms with Gasteiger partial charge in [-0.25, -0.2) is 15.0 Å². The van der Waals surface area contributed by atoms with Crippen LogP contribution in [0, 0.1) is 0 Å². The van der Waals surface area contributed by atoms with Crippen molar-refractivity contribution in [2.75, 3.05) is 0 Å². The van der Waals surface area contributed by atoms with Crippen LogP contribution in [0.15, 0.2) is 365 Å². The molecule has 4 heterocycles. The number of rotatable bonds is 10. The van der Waals surface area contributed by atoms with E-state index in [1.165, 1.54) is 109 Å². The molecule has 0 N–H and O–H groups in total. The molecule has 102 heavy (non-hydrogen) atoms. The zero-order valence-corrected chi connectivity index (χ0v) is 55.3. The third-order valence-corrected chi connectivity index (χ3v) is 20.2. The first-order chi connectivity index (χ1) is 50.6. The van der Waals surface area contributed by atoms with Gasteiger partial charge in [0.1, 0.15) is 0 Å². The van der Waals surface area contributed by atoms with Crippen molar-refractivity contribution in [2.45, 2.75) is 0 Å². The van der Waals surface area contributed by atoms with Crippen LogP contribution in [0.1, 0.15) is 0 Å². The van der Waals surface area contributed by atoms with Crippen molar-refractivity contribution in [3.8, 4) is 112 Å². The van der Waals surface area contributed by atoms with Gasteiger partial charge in [-0.15, -0.1) is 0 Å². The van der Waals surface area contributed by atoms with E-state index in [1.807, 2.05) is 61.3 Å². The van der Waals surface area contributed by atoms with Crippen LogP contribution in [-0.4, -0.2) is 29.9 Å². The number of para-hydroxylation sites is 1. The summed E-state index contributed by atoms with van der Waals surface area (Å²) in [5.41, 5.74) is 20.2. The van der Waals surface area contributed by atoms with Gasteiger partial charge in [-0.05, 0) is 185 Å². The highest BCUT2D eigenvalue weighted by atomic mass is 15.0. The minimum atomic E-state index is 0.627. The van der Waals surface area contributed by atoms with Gasteiger partial charge in [0.15, 0.2) is 17.5 Å². The molecule has 6 nitrogen and oxygen atoms in total. The number of hydrogen-bond donors (Lipinski definition) is 0. The highest BCUT2D eigenvalue weighted by Crippen LogP contribution is 2.49. The largest absolute Gasteiger partial charge is 0.264 e. The van der Waals surface area contributed by atoms with Gasteiger partial charge in [0, 0.05) is 69.8 Å². The van der Waals surface area contributed by atoms with Crippen molar-refractivity contribution in [1.29, 1.82) is 0 Å². The summed E-state index contributed by atoms with van der Waals surface area (Å²) < 4.78 is 0. The number of aromatic nitrogens is 6. The van der Waals surface area contributed by atoms with Crippen molar-refractivity contribution in [3.63, 3.8) is 0 Å². The summed E-state index contributed by atoms with van der Waals surface area (Å²) in [6.07, 6.45) is 9.59. The second-order valence-electron chi connectivity index (χ2n) is 26.1. The summed E-state index contributed by atoms with van der Waals surface area (Å²) in [4.78, 5) is 29.5. The zero-order valence-electron chi connectivity index (χ0n) is 55.3. The highest BCUT2D eigenvalue weighted by Gasteiger charge is 2.23. The highest BCUT2D eigenvalue weighted by molar-refractivity contribution is 6.32. The van der Waals surface area contributed by atoms with Crippen LogP contribution in [0.2, 0.25) is 0 Å². The number of nitrogens with zero attached hydrogens (tertiary/aromatic N) is 6. The lowest BCUT2D eigenvalue weighted by Crippen LogP contribution is -2.01. The van der Waals surface area contributed by atoms with Crippen LogP contribution in [-0.2, 0) is 0 Å². The van der Waals surface area contributed by atoms with Crippen LogP contribution < -0.4 is 0 Å². The van der Waals surface area contributed by atoms with Crippen molar-refractivity contribution < 1.29 is 0 Å². The molecule has 0 fully saturated rings. The molecular weight excluding hydrogens is 1240 g/mol. The molecule has 16 aromatic carbocycles. The zero-order chi connectivity index (χ0) is 67.5. The third kappa shape index (κ3) is 10.7. The molecule has 0 saturated heterocycles. The fraction of sp³-hybridized carbons (Fsp3) is 0. The Hall–Kier alpha value is -13.7. The molecule has 0 atom stereocenters. The Kier molecular flexibility index (Phi) is 14.8. The minimum absolute atomic E-state index is 0.627. The maximum absolute atomic E-state index is 5.28. The van der Waals surface area contributed by atoms with Crippen molar-refractivity contribution >= 4 is 86.3 Å². The molecule has 0 amide bonds. The predicted molar refractivity (Wildman–Crippen MR) is 425 cm³/mol. The topological polar surface area (TPSA) is 77.3 Å². The molecular formula is C96H60N6. The average Bonchev–Trinajstić information content (AvgIpc) is 0.710. The van der Waals surface area contributed by atoms with Crippen molar-refractivity contribution in [3.05, 3.63) is 365 Å². The van der Waals surface area contributed by atoms with E-state index in [1.54, 1.807) is 0 Å². The van der Waals surface area contributed by atoms with Gasteiger partial charge in [-0.3, -0.25) is 15.0 Å². The summed E-state index contributed by atoms with van der Waals surface area (Å²) in [5.74, 6) is 1.92. The molecule has 20 rings (SSSR count). The second kappa shape index (κ2) is 25.3. The fourth-order valence-corrected chi connectivity index (χ4v) is 15.2. The molecule has 20 aromatic rings.